The molecule has 0 saturated heterocycles. The number of aromatic nitrogens is 1. The minimum absolute atomic E-state index is 0.129. The Labute approximate surface area is 182 Å². The number of H-pyrrole nitrogens is 1. The van der Waals surface area contributed by atoms with Crippen molar-refractivity contribution in [3.8, 4) is 0 Å². The van der Waals surface area contributed by atoms with Crippen LogP contribution in [0.1, 0.15) is 38.2 Å². The summed E-state index contributed by atoms with van der Waals surface area (Å²) in [6.45, 7) is 8.25. The van der Waals surface area contributed by atoms with Gasteiger partial charge in [0.15, 0.2) is 0 Å². The van der Waals surface area contributed by atoms with Crippen molar-refractivity contribution in [3.05, 3.63) is 110 Å². The fourth-order valence-electron chi connectivity index (χ4n) is 3.77. The molecule has 0 bridgehead atoms. The zero-order valence-corrected chi connectivity index (χ0v) is 18.3. The Morgan fingerprint density at radius 3 is 2.35 bits per heavy atom. The number of aryl methyl sites for hydroxylation is 4. The molecular formula is C27H26N2O2. The molecule has 0 unspecified atom stereocenters. The third-order valence-corrected chi connectivity index (χ3v) is 5.72. The fraction of sp³-hybridized carbons (Fsp3) is 0.185. The Bertz CT molecular complexity index is 1350. The minimum atomic E-state index is -0.178. The summed E-state index contributed by atoms with van der Waals surface area (Å²) < 4.78 is 0. The van der Waals surface area contributed by atoms with E-state index in [4.69, 9.17) is 0 Å². The van der Waals surface area contributed by atoms with Crippen LogP contribution in [-0.2, 0) is 6.54 Å². The molecule has 0 fully saturated rings. The number of anilines is 1. The summed E-state index contributed by atoms with van der Waals surface area (Å²) in [5.74, 6) is -0.129. The SMILES string of the molecule is Cc1cccc(C(=O)N(Cc2cc3cc(C)ccc3[nH]c2=O)c2ccc(C)c(C)c2)c1. The third kappa shape index (κ3) is 4.29. The Morgan fingerprint density at radius 1 is 0.839 bits per heavy atom. The molecule has 4 heteroatoms. The summed E-state index contributed by atoms with van der Waals surface area (Å²) in [5, 5.41) is 0.956. The van der Waals surface area contributed by atoms with E-state index in [2.05, 4.69) is 4.98 Å². The van der Waals surface area contributed by atoms with E-state index in [1.54, 1.807) is 4.90 Å². The highest BCUT2D eigenvalue weighted by Gasteiger charge is 2.20. The van der Waals surface area contributed by atoms with Crippen LogP contribution >= 0.6 is 0 Å². The fourth-order valence-corrected chi connectivity index (χ4v) is 3.77. The van der Waals surface area contributed by atoms with Gasteiger partial charge in [-0.05, 0) is 86.7 Å². The van der Waals surface area contributed by atoms with Gasteiger partial charge in [0.25, 0.3) is 11.5 Å². The quantitative estimate of drug-likeness (QED) is 0.475. The topological polar surface area (TPSA) is 53.2 Å². The van der Waals surface area contributed by atoms with Gasteiger partial charge in [-0.1, -0.05) is 35.4 Å². The van der Waals surface area contributed by atoms with Crippen LogP contribution in [0.25, 0.3) is 10.9 Å². The molecule has 0 aliphatic heterocycles. The molecule has 3 aromatic carbocycles. The molecule has 0 atom stereocenters. The summed E-state index contributed by atoms with van der Waals surface area (Å²) in [6, 6.07) is 21.3. The van der Waals surface area contributed by atoms with Crippen molar-refractivity contribution in [2.24, 2.45) is 0 Å². The van der Waals surface area contributed by atoms with Gasteiger partial charge in [0.05, 0.1) is 6.54 Å². The van der Waals surface area contributed by atoms with Gasteiger partial charge in [0.2, 0.25) is 0 Å². The van der Waals surface area contributed by atoms with Crippen molar-refractivity contribution in [1.29, 1.82) is 0 Å². The predicted molar refractivity (Wildman–Crippen MR) is 127 cm³/mol. The maximum atomic E-state index is 13.5. The first-order chi connectivity index (χ1) is 14.8. The van der Waals surface area contributed by atoms with Gasteiger partial charge in [0, 0.05) is 22.3 Å². The zero-order valence-electron chi connectivity index (χ0n) is 18.3. The van der Waals surface area contributed by atoms with Gasteiger partial charge < -0.3 is 9.88 Å². The summed E-state index contributed by atoms with van der Waals surface area (Å²) in [4.78, 5) is 31.0. The Hall–Kier alpha value is -3.66. The molecule has 0 aliphatic carbocycles. The van der Waals surface area contributed by atoms with Crippen LogP contribution in [0, 0.1) is 27.7 Å². The van der Waals surface area contributed by atoms with Crippen molar-refractivity contribution in [1.82, 2.24) is 4.98 Å². The molecule has 1 N–H and O–H groups in total. The lowest BCUT2D eigenvalue weighted by Crippen LogP contribution is -2.33. The highest BCUT2D eigenvalue weighted by atomic mass is 16.2. The van der Waals surface area contributed by atoms with Gasteiger partial charge in [-0.15, -0.1) is 0 Å². The van der Waals surface area contributed by atoms with E-state index in [-0.39, 0.29) is 18.0 Å². The smallest absolute Gasteiger partial charge is 0.258 e. The number of aromatic amines is 1. The Kier molecular flexibility index (Phi) is 5.47. The third-order valence-electron chi connectivity index (χ3n) is 5.72. The molecular weight excluding hydrogens is 384 g/mol. The summed E-state index contributed by atoms with van der Waals surface area (Å²) in [7, 11) is 0. The van der Waals surface area contributed by atoms with E-state index in [0.29, 0.717) is 11.1 Å². The number of hydrogen-bond acceptors (Lipinski definition) is 2. The number of carbonyl (C=O) groups is 1. The number of nitrogens with zero attached hydrogens (tertiary/aromatic N) is 1. The molecule has 4 rings (SSSR count). The number of carbonyl (C=O) groups excluding carboxylic acids is 1. The molecule has 0 spiro atoms. The summed E-state index contributed by atoms with van der Waals surface area (Å²) >= 11 is 0. The van der Waals surface area contributed by atoms with E-state index < -0.39 is 0 Å². The molecule has 4 nitrogen and oxygen atoms in total. The molecule has 1 heterocycles. The first-order valence-electron chi connectivity index (χ1n) is 10.4. The number of pyridine rings is 1. The second-order valence-electron chi connectivity index (χ2n) is 8.24. The molecule has 31 heavy (non-hydrogen) atoms. The summed E-state index contributed by atoms with van der Waals surface area (Å²) in [6.07, 6.45) is 0. The highest BCUT2D eigenvalue weighted by molar-refractivity contribution is 6.06. The van der Waals surface area contributed by atoms with Crippen LogP contribution in [0.3, 0.4) is 0 Å². The number of benzene rings is 3. The average molecular weight is 411 g/mol. The zero-order chi connectivity index (χ0) is 22.1. The first kappa shape index (κ1) is 20.6. The highest BCUT2D eigenvalue weighted by Crippen LogP contribution is 2.24. The van der Waals surface area contributed by atoms with E-state index in [1.165, 1.54) is 0 Å². The van der Waals surface area contributed by atoms with Crippen LogP contribution in [0.4, 0.5) is 5.69 Å². The van der Waals surface area contributed by atoms with Crippen LogP contribution in [0.15, 0.2) is 71.5 Å². The largest absolute Gasteiger partial charge is 0.322 e. The number of hydrogen-bond donors (Lipinski definition) is 1. The molecule has 4 aromatic rings. The van der Waals surface area contributed by atoms with Crippen LogP contribution in [0.5, 0.6) is 0 Å². The van der Waals surface area contributed by atoms with Crippen molar-refractivity contribution in [2.45, 2.75) is 34.2 Å². The molecule has 0 saturated carbocycles. The van der Waals surface area contributed by atoms with Gasteiger partial charge in [-0.25, -0.2) is 0 Å². The van der Waals surface area contributed by atoms with Crippen LogP contribution < -0.4 is 10.5 Å². The minimum Gasteiger partial charge on any atom is -0.322 e. The molecule has 1 aromatic heterocycles. The van der Waals surface area contributed by atoms with Gasteiger partial charge in [0.1, 0.15) is 0 Å². The van der Waals surface area contributed by atoms with Crippen molar-refractivity contribution in [3.63, 3.8) is 0 Å². The van der Waals surface area contributed by atoms with Gasteiger partial charge in [-0.2, -0.15) is 0 Å². The number of nitrogens with one attached hydrogen (secondary N) is 1. The maximum absolute atomic E-state index is 13.5. The number of amides is 1. The second-order valence-corrected chi connectivity index (χ2v) is 8.24. The number of rotatable bonds is 4. The lowest BCUT2D eigenvalue weighted by Gasteiger charge is -2.24. The monoisotopic (exact) mass is 410 g/mol. The Balaban J connectivity index is 1.82. The van der Waals surface area contributed by atoms with Crippen LogP contribution in [0.2, 0.25) is 0 Å². The average Bonchev–Trinajstić information content (AvgIpc) is 2.74. The van der Waals surface area contributed by atoms with Crippen molar-refractivity contribution < 1.29 is 4.79 Å². The lowest BCUT2D eigenvalue weighted by molar-refractivity contribution is 0.0985. The van der Waals surface area contributed by atoms with E-state index in [1.807, 2.05) is 94.4 Å². The van der Waals surface area contributed by atoms with Crippen molar-refractivity contribution in [2.75, 3.05) is 4.90 Å². The van der Waals surface area contributed by atoms with E-state index >= 15 is 0 Å². The first-order valence-corrected chi connectivity index (χ1v) is 10.4. The molecule has 0 radical (unpaired) electrons. The molecule has 1 amide bonds. The molecule has 156 valence electrons. The van der Waals surface area contributed by atoms with Crippen LogP contribution in [-0.4, -0.2) is 10.9 Å². The second kappa shape index (κ2) is 8.23. The normalized spacial score (nSPS) is 11.0. The number of fused-ring (bicyclic) bond motifs is 1. The van der Waals surface area contributed by atoms with E-state index in [0.717, 1.165) is 38.8 Å². The summed E-state index contributed by atoms with van der Waals surface area (Å²) in [5.41, 5.74) is 6.94. The lowest BCUT2D eigenvalue weighted by atomic mass is 10.1. The predicted octanol–water partition coefficient (Wildman–Crippen LogP) is 5.61. The van der Waals surface area contributed by atoms with E-state index in [9.17, 15) is 9.59 Å². The molecule has 0 aliphatic rings. The maximum Gasteiger partial charge on any atom is 0.258 e. The van der Waals surface area contributed by atoms with Crippen molar-refractivity contribution >= 4 is 22.5 Å². The Morgan fingerprint density at radius 2 is 1.61 bits per heavy atom. The van der Waals surface area contributed by atoms with Gasteiger partial charge >= 0.3 is 0 Å². The van der Waals surface area contributed by atoms with Gasteiger partial charge in [-0.3, -0.25) is 9.59 Å². The standard InChI is InChI=1S/C27H26N2O2/c1-17-6-5-7-21(12-17)27(31)29(24-10-9-19(3)20(4)14-24)16-23-15-22-13-18(2)8-11-25(22)28-26(23)30/h5-15H,16H2,1-4H3,(H,28,30).